The molecule has 2 aromatic rings. The molecule has 0 fully saturated rings. The normalized spacial score (nSPS) is 10.7. The van der Waals surface area contributed by atoms with Crippen LogP contribution in [-0.2, 0) is 6.54 Å². The minimum absolute atomic E-state index is 0.403. The molecule has 0 saturated heterocycles. The Morgan fingerprint density at radius 2 is 2.30 bits per heavy atom. The topological polar surface area (TPSA) is 72.9 Å². The number of aromatic nitrogens is 2. The first-order valence-electron chi connectivity index (χ1n) is 6.45. The molecule has 106 valence electrons. The summed E-state index contributed by atoms with van der Waals surface area (Å²) in [5.41, 5.74) is 7.69. The average Bonchev–Trinajstić information content (AvgIpc) is 2.89. The number of amides is 1. The van der Waals surface area contributed by atoms with Crippen LogP contribution in [0.5, 0.6) is 0 Å². The third-order valence-corrected chi connectivity index (χ3v) is 3.39. The molecule has 6 heteroatoms. The van der Waals surface area contributed by atoms with Crippen molar-refractivity contribution in [1.29, 1.82) is 0 Å². The maximum atomic E-state index is 11.1. The lowest BCUT2D eigenvalue weighted by molar-refractivity contribution is 0.100. The summed E-state index contributed by atoms with van der Waals surface area (Å²) >= 11 is 3.47. The van der Waals surface area contributed by atoms with E-state index in [1.165, 1.54) is 6.20 Å². The summed E-state index contributed by atoms with van der Waals surface area (Å²) in [5, 5.41) is 7.56. The molecule has 1 aromatic heterocycles. The van der Waals surface area contributed by atoms with E-state index in [-0.39, 0.29) is 0 Å². The van der Waals surface area contributed by atoms with Crippen molar-refractivity contribution < 1.29 is 4.79 Å². The largest absolute Gasteiger partial charge is 0.366 e. The maximum absolute atomic E-state index is 11.1. The fourth-order valence-corrected chi connectivity index (χ4v) is 2.31. The molecule has 0 aliphatic heterocycles. The first-order valence-corrected chi connectivity index (χ1v) is 7.25. The summed E-state index contributed by atoms with van der Waals surface area (Å²) in [5.74, 6) is -0.473. The summed E-state index contributed by atoms with van der Waals surface area (Å²) < 4.78 is 2.69. The zero-order chi connectivity index (χ0) is 14.5. The second-order valence-electron chi connectivity index (χ2n) is 4.49. The molecule has 1 amide bonds. The number of rotatable bonds is 6. The predicted molar refractivity (Wildman–Crippen MR) is 81.8 cm³/mol. The monoisotopic (exact) mass is 336 g/mol. The van der Waals surface area contributed by atoms with Crippen molar-refractivity contribution in [3.8, 4) is 5.69 Å². The summed E-state index contributed by atoms with van der Waals surface area (Å²) in [7, 11) is 0. The number of halogens is 1. The Morgan fingerprint density at radius 3 is 2.95 bits per heavy atom. The number of hydrogen-bond acceptors (Lipinski definition) is 3. The fourth-order valence-electron chi connectivity index (χ4n) is 1.90. The average molecular weight is 337 g/mol. The third-order valence-electron chi connectivity index (χ3n) is 2.90. The summed E-state index contributed by atoms with van der Waals surface area (Å²) in [6, 6.07) is 5.96. The van der Waals surface area contributed by atoms with E-state index in [4.69, 9.17) is 5.73 Å². The van der Waals surface area contributed by atoms with Crippen LogP contribution in [0.3, 0.4) is 0 Å². The van der Waals surface area contributed by atoms with Gasteiger partial charge in [0, 0.05) is 17.2 Å². The molecule has 0 radical (unpaired) electrons. The number of primary amides is 1. The molecule has 0 aliphatic rings. The number of carbonyl (C=O) groups is 1. The molecular formula is C14H17BrN4O. The van der Waals surface area contributed by atoms with Gasteiger partial charge in [0.2, 0.25) is 0 Å². The number of nitrogens with two attached hydrogens (primary N) is 1. The van der Waals surface area contributed by atoms with Crippen LogP contribution in [0.1, 0.15) is 29.3 Å². The molecule has 0 aliphatic carbocycles. The third kappa shape index (κ3) is 3.46. The SMILES string of the molecule is CCCNCc1cc(Br)ccc1-n1cc(C(N)=O)cn1. The van der Waals surface area contributed by atoms with E-state index < -0.39 is 5.91 Å². The Morgan fingerprint density at radius 1 is 1.50 bits per heavy atom. The first kappa shape index (κ1) is 14.7. The van der Waals surface area contributed by atoms with Gasteiger partial charge >= 0.3 is 0 Å². The summed E-state index contributed by atoms with van der Waals surface area (Å²) in [4.78, 5) is 11.1. The van der Waals surface area contributed by atoms with Crippen molar-refractivity contribution in [2.75, 3.05) is 6.54 Å². The predicted octanol–water partition coefficient (Wildman–Crippen LogP) is 2.23. The van der Waals surface area contributed by atoms with Crippen molar-refractivity contribution in [2.24, 2.45) is 5.73 Å². The molecule has 2 rings (SSSR count). The van der Waals surface area contributed by atoms with Gasteiger partial charge in [0.1, 0.15) is 0 Å². The highest BCUT2D eigenvalue weighted by molar-refractivity contribution is 9.10. The van der Waals surface area contributed by atoms with Gasteiger partial charge in [-0.3, -0.25) is 4.79 Å². The lowest BCUT2D eigenvalue weighted by Gasteiger charge is -2.11. The van der Waals surface area contributed by atoms with Crippen LogP contribution in [0.4, 0.5) is 0 Å². The van der Waals surface area contributed by atoms with Crippen LogP contribution < -0.4 is 11.1 Å². The maximum Gasteiger partial charge on any atom is 0.251 e. The van der Waals surface area contributed by atoms with E-state index in [1.807, 2.05) is 18.2 Å². The molecule has 0 saturated carbocycles. The standard InChI is InChI=1S/C14H17BrN4O/c1-2-5-17-7-10-6-12(15)3-4-13(10)19-9-11(8-18-19)14(16)20/h3-4,6,8-9,17H,2,5,7H2,1H3,(H2,16,20). The molecule has 5 nitrogen and oxygen atoms in total. The smallest absolute Gasteiger partial charge is 0.251 e. The van der Waals surface area contributed by atoms with Crippen molar-refractivity contribution in [1.82, 2.24) is 15.1 Å². The van der Waals surface area contributed by atoms with Crippen LogP contribution >= 0.6 is 15.9 Å². The molecule has 1 aromatic carbocycles. The van der Waals surface area contributed by atoms with Crippen LogP contribution in [0.2, 0.25) is 0 Å². The molecule has 0 spiro atoms. The van der Waals surface area contributed by atoms with E-state index in [0.717, 1.165) is 35.2 Å². The Labute approximate surface area is 126 Å². The molecular weight excluding hydrogens is 320 g/mol. The lowest BCUT2D eigenvalue weighted by atomic mass is 10.1. The Kier molecular flexibility index (Phi) is 4.92. The summed E-state index contributed by atoms with van der Waals surface area (Å²) in [6.45, 7) is 3.83. The van der Waals surface area contributed by atoms with Gasteiger partial charge in [-0.25, -0.2) is 4.68 Å². The van der Waals surface area contributed by atoms with Gasteiger partial charge in [-0.15, -0.1) is 0 Å². The van der Waals surface area contributed by atoms with Gasteiger partial charge in [-0.05, 0) is 36.7 Å². The minimum atomic E-state index is -0.473. The van der Waals surface area contributed by atoms with Crippen molar-refractivity contribution in [3.05, 3.63) is 46.2 Å². The van der Waals surface area contributed by atoms with E-state index in [1.54, 1.807) is 10.9 Å². The van der Waals surface area contributed by atoms with Gasteiger partial charge in [0.05, 0.1) is 17.4 Å². The van der Waals surface area contributed by atoms with Crippen LogP contribution in [0.15, 0.2) is 35.1 Å². The molecule has 1 heterocycles. The van der Waals surface area contributed by atoms with Gasteiger partial charge in [0.25, 0.3) is 5.91 Å². The highest BCUT2D eigenvalue weighted by Gasteiger charge is 2.09. The highest BCUT2D eigenvalue weighted by Crippen LogP contribution is 2.20. The Balaban J connectivity index is 2.31. The molecule has 20 heavy (non-hydrogen) atoms. The zero-order valence-corrected chi connectivity index (χ0v) is 12.9. The molecule has 0 unspecified atom stereocenters. The van der Waals surface area contributed by atoms with Crippen molar-refractivity contribution >= 4 is 21.8 Å². The Hall–Kier alpha value is -1.66. The van der Waals surface area contributed by atoms with E-state index >= 15 is 0 Å². The van der Waals surface area contributed by atoms with Crippen molar-refractivity contribution in [2.45, 2.75) is 19.9 Å². The molecule has 0 atom stereocenters. The van der Waals surface area contributed by atoms with Gasteiger partial charge in [-0.2, -0.15) is 5.10 Å². The quantitative estimate of drug-likeness (QED) is 0.794. The van der Waals surface area contributed by atoms with Gasteiger partial charge < -0.3 is 11.1 Å². The van der Waals surface area contributed by atoms with Crippen LogP contribution in [-0.4, -0.2) is 22.2 Å². The summed E-state index contributed by atoms with van der Waals surface area (Å²) in [6.07, 6.45) is 4.21. The van der Waals surface area contributed by atoms with Gasteiger partial charge in [-0.1, -0.05) is 22.9 Å². The van der Waals surface area contributed by atoms with E-state index in [0.29, 0.717) is 5.56 Å². The van der Waals surface area contributed by atoms with Crippen molar-refractivity contribution in [3.63, 3.8) is 0 Å². The zero-order valence-electron chi connectivity index (χ0n) is 11.3. The number of benzene rings is 1. The van der Waals surface area contributed by atoms with E-state index in [9.17, 15) is 4.79 Å². The molecule has 3 N–H and O–H groups in total. The number of nitrogens with one attached hydrogen (secondary N) is 1. The second-order valence-corrected chi connectivity index (χ2v) is 5.40. The van der Waals surface area contributed by atoms with E-state index in [2.05, 4.69) is 33.3 Å². The lowest BCUT2D eigenvalue weighted by Crippen LogP contribution is -2.15. The first-order chi connectivity index (χ1) is 9.61. The number of nitrogens with zero attached hydrogens (tertiary/aromatic N) is 2. The minimum Gasteiger partial charge on any atom is -0.366 e. The highest BCUT2D eigenvalue weighted by atomic mass is 79.9. The molecule has 0 bridgehead atoms. The Bertz CT molecular complexity index is 609. The number of carbonyl (C=O) groups excluding carboxylic acids is 1. The fraction of sp³-hybridized carbons (Fsp3) is 0.286. The van der Waals surface area contributed by atoms with Crippen LogP contribution in [0.25, 0.3) is 5.69 Å². The van der Waals surface area contributed by atoms with Crippen LogP contribution in [0, 0.1) is 0 Å². The number of hydrogen-bond donors (Lipinski definition) is 2. The second kappa shape index (κ2) is 6.67. The van der Waals surface area contributed by atoms with Gasteiger partial charge in [0.15, 0.2) is 0 Å².